The number of carbonyl (C=O) groups excluding carboxylic acids is 1. The third kappa shape index (κ3) is 3.58. The lowest BCUT2D eigenvalue weighted by Gasteiger charge is -2.33. The fraction of sp³-hybridized carbons (Fsp3) is 0.529. The molecule has 0 saturated heterocycles. The predicted molar refractivity (Wildman–Crippen MR) is 93.4 cm³/mol. The Morgan fingerprint density at radius 1 is 1.32 bits per heavy atom. The van der Waals surface area contributed by atoms with Crippen LogP contribution in [0.1, 0.15) is 44.7 Å². The van der Waals surface area contributed by atoms with Crippen LogP contribution < -0.4 is 0 Å². The van der Waals surface area contributed by atoms with Crippen LogP contribution in [-0.4, -0.2) is 28.4 Å². The molecule has 2 aromatic rings. The van der Waals surface area contributed by atoms with Gasteiger partial charge >= 0.3 is 0 Å². The lowest BCUT2D eigenvalue weighted by molar-refractivity contribution is -0.133. The number of rotatable bonds is 5. The summed E-state index contributed by atoms with van der Waals surface area (Å²) in [5.41, 5.74) is 2.07. The van der Waals surface area contributed by atoms with Crippen LogP contribution in [0.4, 0.5) is 0 Å². The van der Waals surface area contributed by atoms with Gasteiger partial charge in [0.15, 0.2) is 0 Å². The summed E-state index contributed by atoms with van der Waals surface area (Å²) in [6.45, 7) is 2.90. The fourth-order valence-corrected chi connectivity index (χ4v) is 4.73. The lowest BCUT2D eigenvalue weighted by Crippen LogP contribution is -2.42. The van der Waals surface area contributed by atoms with Crippen molar-refractivity contribution in [3.8, 4) is 10.6 Å². The monoisotopic (exact) mass is 334 g/mol. The van der Waals surface area contributed by atoms with Gasteiger partial charge in [0.05, 0.1) is 12.1 Å². The summed E-state index contributed by atoms with van der Waals surface area (Å²) in [5, 5.41) is 7.21. The Labute approximate surface area is 140 Å². The first-order valence-electron chi connectivity index (χ1n) is 8.04. The maximum absolute atomic E-state index is 12.6. The third-order valence-electron chi connectivity index (χ3n) is 4.33. The number of aromatic nitrogens is 1. The van der Waals surface area contributed by atoms with E-state index in [1.54, 1.807) is 22.7 Å². The van der Waals surface area contributed by atoms with Crippen molar-refractivity contribution in [2.24, 2.45) is 0 Å². The topological polar surface area (TPSA) is 33.2 Å². The molecule has 1 aliphatic carbocycles. The second-order valence-corrected chi connectivity index (χ2v) is 7.44. The Kier molecular flexibility index (Phi) is 5.26. The molecule has 1 fully saturated rings. The van der Waals surface area contributed by atoms with E-state index in [-0.39, 0.29) is 5.91 Å². The minimum atomic E-state index is 0.233. The van der Waals surface area contributed by atoms with Crippen molar-refractivity contribution in [1.82, 2.24) is 9.88 Å². The maximum atomic E-state index is 12.6. The molecule has 2 aromatic heterocycles. The Bertz CT molecular complexity index is 600. The van der Waals surface area contributed by atoms with Gasteiger partial charge in [0.25, 0.3) is 0 Å². The van der Waals surface area contributed by atoms with Gasteiger partial charge in [-0.2, -0.15) is 11.3 Å². The van der Waals surface area contributed by atoms with E-state index in [0.717, 1.165) is 35.7 Å². The number of carbonyl (C=O) groups is 1. The second-order valence-electron chi connectivity index (χ2n) is 5.80. The standard InChI is InChI=1S/C17H22N2OS2/c1-2-19(15-6-4-3-5-7-15)16(20)10-14-12-22-17(18-14)13-8-9-21-11-13/h8-9,11-12,15H,2-7,10H2,1H3. The molecule has 0 radical (unpaired) electrons. The van der Waals surface area contributed by atoms with E-state index in [9.17, 15) is 4.79 Å². The average Bonchev–Trinajstić information content (AvgIpc) is 3.20. The van der Waals surface area contributed by atoms with Crippen LogP contribution in [0, 0.1) is 0 Å². The van der Waals surface area contributed by atoms with Gasteiger partial charge < -0.3 is 4.90 Å². The minimum absolute atomic E-state index is 0.233. The highest BCUT2D eigenvalue weighted by molar-refractivity contribution is 7.14. The smallest absolute Gasteiger partial charge is 0.228 e. The van der Waals surface area contributed by atoms with E-state index in [2.05, 4.69) is 33.6 Å². The summed E-state index contributed by atoms with van der Waals surface area (Å²) in [4.78, 5) is 19.3. The van der Waals surface area contributed by atoms with Crippen LogP contribution in [0.3, 0.4) is 0 Å². The molecular formula is C17H22N2OS2. The van der Waals surface area contributed by atoms with Gasteiger partial charge in [-0.1, -0.05) is 19.3 Å². The molecule has 0 bridgehead atoms. The van der Waals surface area contributed by atoms with E-state index in [1.807, 2.05) is 5.38 Å². The van der Waals surface area contributed by atoms with Crippen molar-refractivity contribution in [3.63, 3.8) is 0 Å². The van der Waals surface area contributed by atoms with E-state index in [0.29, 0.717) is 12.5 Å². The molecule has 1 aliphatic rings. The van der Waals surface area contributed by atoms with E-state index in [1.165, 1.54) is 19.3 Å². The molecule has 0 N–H and O–H groups in total. The summed E-state index contributed by atoms with van der Waals surface area (Å²) >= 11 is 3.31. The fourth-order valence-electron chi connectivity index (χ4n) is 3.19. The maximum Gasteiger partial charge on any atom is 0.228 e. The number of thiophene rings is 1. The third-order valence-corrected chi connectivity index (χ3v) is 5.95. The van der Waals surface area contributed by atoms with Gasteiger partial charge in [0, 0.05) is 28.9 Å². The van der Waals surface area contributed by atoms with Crippen molar-refractivity contribution in [3.05, 3.63) is 27.9 Å². The van der Waals surface area contributed by atoms with Crippen LogP contribution >= 0.6 is 22.7 Å². The van der Waals surface area contributed by atoms with Gasteiger partial charge in [0.2, 0.25) is 5.91 Å². The minimum Gasteiger partial charge on any atom is -0.340 e. The lowest BCUT2D eigenvalue weighted by atomic mass is 9.94. The van der Waals surface area contributed by atoms with E-state index in [4.69, 9.17) is 0 Å². The highest BCUT2D eigenvalue weighted by atomic mass is 32.1. The molecular weight excluding hydrogens is 312 g/mol. The zero-order valence-corrected chi connectivity index (χ0v) is 14.6. The predicted octanol–water partition coefficient (Wildman–Crippen LogP) is 4.60. The van der Waals surface area contributed by atoms with E-state index < -0.39 is 0 Å². The van der Waals surface area contributed by atoms with Crippen molar-refractivity contribution in [2.75, 3.05) is 6.54 Å². The average molecular weight is 335 g/mol. The van der Waals surface area contributed by atoms with Gasteiger partial charge in [0.1, 0.15) is 5.01 Å². The first kappa shape index (κ1) is 15.7. The van der Waals surface area contributed by atoms with Crippen molar-refractivity contribution < 1.29 is 4.79 Å². The summed E-state index contributed by atoms with van der Waals surface area (Å²) in [7, 11) is 0. The highest BCUT2D eigenvalue weighted by Crippen LogP contribution is 2.27. The van der Waals surface area contributed by atoms with Crippen molar-refractivity contribution >= 4 is 28.6 Å². The number of thiazole rings is 1. The summed E-state index contributed by atoms with van der Waals surface area (Å²) in [6.07, 6.45) is 6.60. The van der Waals surface area contributed by atoms with E-state index >= 15 is 0 Å². The van der Waals surface area contributed by atoms with Crippen molar-refractivity contribution in [2.45, 2.75) is 51.5 Å². The summed E-state index contributed by atoms with van der Waals surface area (Å²) in [5.74, 6) is 0.233. The SMILES string of the molecule is CCN(C(=O)Cc1csc(-c2ccsc2)n1)C1CCCCC1. The Morgan fingerprint density at radius 3 is 2.82 bits per heavy atom. The van der Waals surface area contributed by atoms with Gasteiger partial charge in [-0.25, -0.2) is 4.98 Å². The molecule has 5 heteroatoms. The normalized spacial score (nSPS) is 15.9. The number of likely N-dealkylation sites (N-methyl/N-ethyl adjacent to an activating group) is 1. The van der Waals surface area contributed by atoms with Crippen LogP contribution in [-0.2, 0) is 11.2 Å². The first-order valence-corrected chi connectivity index (χ1v) is 9.86. The van der Waals surface area contributed by atoms with Gasteiger partial charge in [-0.05, 0) is 31.2 Å². The highest BCUT2D eigenvalue weighted by Gasteiger charge is 2.24. The molecule has 2 heterocycles. The molecule has 0 atom stereocenters. The molecule has 0 aliphatic heterocycles. The Balaban J connectivity index is 1.65. The molecule has 0 unspecified atom stereocenters. The quantitative estimate of drug-likeness (QED) is 0.801. The molecule has 0 spiro atoms. The first-order chi connectivity index (χ1) is 10.8. The number of hydrogen-bond donors (Lipinski definition) is 0. The largest absolute Gasteiger partial charge is 0.340 e. The van der Waals surface area contributed by atoms with Crippen LogP contribution in [0.2, 0.25) is 0 Å². The summed E-state index contributed by atoms with van der Waals surface area (Å²) in [6, 6.07) is 2.52. The molecule has 118 valence electrons. The molecule has 22 heavy (non-hydrogen) atoms. The molecule has 1 amide bonds. The number of nitrogens with zero attached hydrogens (tertiary/aromatic N) is 2. The van der Waals surface area contributed by atoms with Crippen LogP contribution in [0.15, 0.2) is 22.2 Å². The Hall–Kier alpha value is -1.20. The van der Waals surface area contributed by atoms with Gasteiger partial charge in [-0.15, -0.1) is 11.3 Å². The summed E-state index contributed by atoms with van der Waals surface area (Å²) < 4.78 is 0. The molecule has 1 saturated carbocycles. The molecule has 3 rings (SSSR count). The Morgan fingerprint density at radius 2 is 2.14 bits per heavy atom. The molecule has 0 aromatic carbocycles. The number of amides is 1. The van der Waals surface area contributed by atoms with Crippen LogP contribution in [0.25, 0.3) is 10.6 Å². The van der Waals surface area contributed by atoms with Gasteiger partial charge in [-0.3, -0.25) is 4.79 Å². The van der Waals surface area contributed by atoms with Crippen molar-refractivity contribution in [1.29, 1.82) is 0 Å². The number of hydrogen-bond acceptors (Lipinski definition) is 4. The molecule has 3 nitrogen and oxygen atoms in total. The van der Waals surface area contributed by atoms with Crippen LogP contribution in [0.5, 0.6) is 0 Å². The zero-order chi connectivity index (χ0) is 15.4. The zero-order valence-electron chi connectivity index (χ0n) is 13.0. The second kappa shape index (κ2) is 7.38.